The molecule has 168 valence electrons. The number of anilines is 2. The Bertz CT molecular complexity index is 1230. The van der Waals surface area contributed by atoms with Gasteiger partial charge in [-0.1, -0.05) is 48.0 Å². The Morgan fingerprint density at radius 1 is 1.09 bits per heavy atom. The summed E-state index contributed by atoms with van der Waals surface area (Å²) in [5, 5.41) is 2.31. The van der Waals surface area contributed by atoms with Crippen molar-refractivity contribution >= 4 is 34.0 Å². The summed E-state index contributed by atoms with van der Waals surface area (Å²) < 4.78 is 11.1. The van der Waals surface area contributed by atoms with E-state index >= 15 is 0 Å². The minimum Gasteiger partial charge on any atom is -0.459 e. The van der Waals surface area contributed by atoms with Crippen molar-refractivity contribution in [1.29, 1.82) is 0 Å². The first kappa shape index (κ1) is 22.4. The van der Waals surface area contributed by atoms with Crippen LogP contribution in [0.15, 0.2) is 70.6 Å². The zero-order chi connectivity index (χ0) is 23.2. The van der Waals surface area contributed by atoms with Gasteiger partial charge in [0.05, 0.1) is 24.0 Å². The second-order valence-corrected chi connectivity index (χ2v) is 8.29. The highest BCUT2D eigenvalue weighted by Crippen LogP contribution is 2.29. The van der Waals surface area contributed by atoms with Gasteiger partial charge in [0.15, 0.2) is 16.8 Å². The highest BCUT2D eigenvalue weighted by Gasteiger charge is 2.18. The third kappa shape index (κ3) is 5.72. The standard InChI is InChI=1S/C25H23N3O4S/c1-17-8-10-19(11-9-17)22-14-26-23(32-22)12-13-24(30)31-15-20-16-33-25(27-20)28(18(2)29)21-6-4-3-5-7-21/h3-11,14,16H,12-13,15H2,1-2H3. The molecule has 0 aliphatic heterocycles. The van der Waals surface area contributed by atoms with Gasteiger partial charge in [0, 0.05) is 24.3 Å². The number of ether oxygens (including phenoxy) is 1. The van der Waals surface area contributed by atoms with Gasteiger partial charge in [0.25, 0.3) is 0 Å². The zero-order valence-corrected chi connectivity index (χ0v) is 19.2. The Morgan fingerprint density at radius 3 is 2.58 bits per heavy atom. The number of esters is 1. The van der Waals surface area contributed by atoms with E-state index in [1.807, 2.05) is 61.5 Å². The van der Waals surface area contributed by atoms with E-state index in [2.05, 4.69) is 9.97 Å². The lowest BCUT2D eigenvalue weighted by Gasteiger charge is -2.17. The van der Waals surface area contributed by atoms with Crippen molar-refractivity contribution in [2.75, 3.05) is 4.90 Å². The summed E-state index contributed by atoms with van der Waals surface area (Å²) in [5.41, 5.74) is 3.43. The number of carbonyl (C=O) groups excluding carboxylic acids is 2. The fourth-order valence-electron chi connectivity index (χ4n) is 3.18. The van der Waals surface area contributed by atoms with Crippen molar-refractivity contribution in [3.63, 3.8) is 0 Å². The first-order chi connectivity index (χ1) is 16.0. The van der Waals surface area contributed by atoms with Gasteiger partial charge in [-0.15, -0.1) is 11.3 Å². The predicted molar refractivity (Wildman–Crippen MR) is 126 cm³/mol. The molecule has 2 aromatic carbocycles. The average molecular weight is 462 g/mol. The molecular formula is C25H23N3O4S. The van der Waals surface area contributed by atoms with Crippen molar-refractivity contribution in [1.82, 2.24) is 9.97 Å². The Morgan fingerprint density at radius 2 is 1.85 bits per heavy atom. The van der Waals surface area contributed by atoms with Crippen LogP contribution in [-0.2, 0) is 27.4 Å². The van der Waals surface area contributed by atoms with Crippen LogP contribution in [0, 0.1) is 6.92 Å². The smallest absolute Gasteiger partial charge is 0.306 e. The molecule has 0 N–H and O–H groups in total. The van der Waals surface area contributed by atoms with E-state index in [0.29, 0.717) is 28.9 Å². The van der Waals surface area contributed by atoms with Crippen molar-refractivity contribution in [3.8, 4) is 11.3 Å². The van der Waals surface area contributed by atoms with Gasteiger partial charge < -0.3 is 9.15 Å². The second-order valence-electron chi connectivity index (χ2n) is 7.46. The van der Waals surface area contributed by atoms with Crippen LogP contribution < -0.4 is 4.90 Å². The molecule has 0 aliphatic carbocycles. The molecule has 0 fully saturated rings. The molecule has 0 radical (unpaired) electrons. The summed E-state index contributed by atoms with van der Waals surface area (Å²) in [4.78, 5) is 34.6. The number of oxazole rings is 1. The lowest BCUT2D eigenvalue weighted by Crippen LogP contribution is -2.22. The predicted octanol–water partition coefficient (Wildman–Crippen LogP) is 5.47. The van der Waals surface area contributed by atoms with Crippen molar-refractivity contribution in [2.24, 2.45) is 0 Å². The molecule has 7 nitrogen and oxygen atoms in total. The summed E-state index contributed by atoms with van der Waals surface area (Å²) in [7, 11) is 0. The minimum absolute atomic E-state index is 0.0378. The minimum atomic E-state index is -0.369. The molecule has 1 amide bonds. The topological polar surface area (TPSA) is 85.5 Å². The van der Waals surface area contributed by atoms with Gasteiger partial charge in [0.2, 0.25) is 5.91 Å². The molecule has 0 bridgehead atoms. The Kier molecular flexibility index (Phi) is 6.95. The Labute approximate surface area is 195 Å². The normalized spacial score (nSPS) is 10.7. The van der Waals surface area contributed by atoms with E-state index in [9.17, 15) is 9.59 Å². The lowest BCUT2D eigenvalue weighted by molar-refractivity contribution is -0.145. The molecule has 8 heteroatoms. The van der Waals surface area contributed by atoms with Gasteiger partial charge in [-0.3, -0.25) is 14.5 Å². The van der Waals surface area contributed by atoms with Gasteiger partial charge in [-0.2, -0.15) is 0 Å². The third-order valence-corrected chi connectivity index (χ3v) is 5.75. The van der Waals surface area contributed by atoms with Crippen LogP contribution in [0.4, 0.5) is 10.8 Å². The van der Waals surface area contributed by atoms with E-state index < -0.39 is 0 Å². The van der Waals surface area contributed by atoms with Crippen LogP contribution in [0.5, 0.6) is 0 Å². The van der Waals surface area contributed by atoms with Crippen molar-refractivity contribution < 1.29 is 18.7 Å². The van der Waals surface area contributed by atoms with Crippen LogP contribution in [0.2, 0.25) is 0 Å². The monoisotopic (exact) mass is 461 g/mol. The summed E-state index contributed by atoms with van der Waals surface area (Å²) >= 11 is 1.32. The fraction of sp³-hybridized carbons (Fsp3) is 0.200. The summed E-state index contributed by atoms with van der Waals surface area (Å²) in [5.74, 6) is 0.640. The lowest BCUT2D eigenvalue weighted by atomic mass is 10.1. The van der Waals surface area contributed by atoms with E-state index in [-0.39, 0.29) is 24.9 Å². The van der Waals surface area contributed by atoms with Gasteiger partial charge in [-0.05, 0) is 19.1 Å². The maximum absolute atomic E-state index is 12.2. The average Bonchev–Trinajstić information content (AvgIpc) is 3.47. The molecule has 4 rings (SSSR count). The highest BCUT2D eigenvalue weighted by atomic mass is 32.1. The number of nitrogens with zero attached hydrogens (tertiary/aromatic N) is 3. The first-order valence-corrected chi connectivity index (χ1v) is 11.3. The number of thiazole rings is 1. The van der Waals surface area contributed by atoms with Crippen molar-refractivity contribution in [3.05, 3.63) is 83.3 Å². The number of hydrogen-bond acceptors (Lipinski definition) is 7. The fourth-order valence-corrected chi connectivity index (χ4v) is 4.05. The number of aryl methyl sites for hydroxylation is 2. The van der Waals surface area contributed by atoms with Crippen LogP contribution in [0.25, 0.3) is 11.3 Å². The van der Waals surface area contributed by atoms with Crippen molar-refractivity contribution in [2.45, 2.75) is 33.3 Å². The zero-order valence-electron chi connectivity index (χ0n) is 18.4. The van der Waals surface area contributed by atoms with Crippen LogP contribution >= 0.6 is 11.3 Å². The van der Waals surface area contributed by atoms with Gasteiger partial charge >= 0.3 is 5.97 Å². The van der Waals surface area contributed by atoms with E-state index in [1.165, 1.54) is 28.7 Å². The number of amides is 1. The molecule has 33 heavy (non-hydrogen) atoms. The Balaban J connectivity index is 1.30. The maximum atomic E-state index is 12.2. The third-order valence-electron chi connectivity index (χ3n) is 4.87. The molecule has 0 saturated heterocycles. The Hall–Kier alpha value is -3.78. The number of para-hydroxylation sites is 1. The van der Waals surface area contributed by atoms with Gasteiger partial charge in [-0.25, -0.2) is 9.97 Å². The second kappa shape index (κ2) is 10.2. The highest BCUT2D eigenvalue weighted by molar-refractivity contribution is 7.14. The number of carbonyl (C=O) groups is 2. The summed E-state index contributed by atoms with van der Waals surface area (Å²) in [6.45, 7) is 3.55. The largest absolute Gasteiger partial charge is 0.459 e. The number of hydrogen-bond donors (Lipinski definition) is 0. The number of benzene rings is 2. The van der Waals surface area contributed by atoms with E-state index in [0.717, 1.165) is 11.3 Å². The molecule has 2 aromatic heterocycles. The van der Waals surface area contributed by atoms with Crippen LogP contribution in [-0.4, -0.2) is 21.8 Å². The molecule has 4 aromatic rings. The van der Waals surface area contributed by atoms with Crippen LogP contribution in [0.3, 0.4) is 0 Å². The quantitative estimate of drug-likeness (QED) is 0.324. The molecule has 0 aliphatic rings. The maximum Gasteiger partial charge on any atom is 0.306 e. The first-order valence-electron chi connectivity index (χ1n) is 10.5. The summed E-state index contributed by atoms with van der Waals surface area (Å²) in [6, 6.07) is 17.3. The molecule has 2 heterocycles. The van der Waals surface area contributed by atoms with Crippen LogP contribution in [0.1, 0.15) is 30.5 Å². The molecule has 0 saturated carbocycles. The number of rotatable bonds is 8. The molecular weight excluding hydrogens is 438 g/mol. The van der Waals surface area contributed by atoms with E-state index in [4.69, 9.17) is 9.15 Å². The van der Waals surface area contributed by atoms with E-state index in [1.54, 1.807) is 11.6 Å². The molecule has 0 spiro atoms. The number of aromatic nitrogens is 2. The molecule has 0 unspecified atom stereocenters. The SMILES string of the molecule is CC(=O)N(c1ccccc1)c1nc(COC(=O)CCc2ncc(-c3ccc(C)cc3)o2)cs1. The molecule has 0 atom stereocenters. The summed E-state index contributed by atoms with van der Waals surface area (Å²) in [6.07, 6.45) is 2.16. The van der Waals surface area contributed by atoms with Gasteiger partial charge in [0.1, 0.15) is 6.61 Å².